The fourth-order valence-corrected chi connectivity index (χ4v) is 1.75. The van der Waals surface area contributed by atoms with Crippen LogP contribution in [-0.2, 0) is 0 Å². The van der Waals surface area contributed by atoms with Crippen LogP contribution in [0.15, 0.2) is 30.5 Å². The van der Waals surface area contributed by atoms with E-state index in [4.69, 9.17) is 0 Å². The van der Waals surface area contributed by atoms with E-state index in [1.54, 1.807) is 18.3 Å². The number of aryl methyl sites for hydroxylation is 2. The summed E-state index contributed by atoms with van der Waals surface area (Å²) < 4.78 is 14.0. The number of nitro benzene ring substituents is 1. The maximum atomic E-state index is 14.0. The largest absolute Gasteiger partial charge is 0.306 e. The first-order chi connectivity index (χ1) is 9.88. The van der Waals surface area contributed by atoms with Crippen molar-refractivity contribution in [1.29, 1.82) is 0 Å². The molecule has 0 saturated carbocycles. The zero-order chi connectivity index (χ0) is 15.6. The SMILES string of the molecule is Cc1ccc(NC(=O)c2cc([N+](=O)[O-])cc(C)c2F)nc1. The Morgan fingerprint density at radius 2 is 2.05 bits per heavy atom. The number of amides is 1. The number of rotatable bonds is 3. The third-order valence-corrected chi connectivity index (χ3v) is 2.85. The van der Waals surface area contributed by atoms with E-state index in [2.05, 4.69) is 10.3 Å². The third kappa shape index (κ3) is 3.19. The number of nitrogens with one attached hydrogen (secondary N) is 1. The Kier molecular flexibility index (Phi) is 3.93. The number of pyridine rings is 1. The van der Waals surface area contributed by atoms with Crippen LogP contribution in [-0.4, -0.2) is 15.8 Å². The lowest BCUT2D eigenvalue weighted by molar-refractivity contribution is -0.385. The molecule has 0 saturated heterocycles. The first-order valence-corrected chi connectivity index (χ1v) is 6.07. The number of halogens is 1. The molecule has 0 aliphatic carbocycles. The summed E-state index contributed by atoms with van der Waals surface area (Å²) in [5.41, 5.74) is 0.219. The van der Waals surface area contributed by atoms with Gasteiger partial charge in [-0.05, 0) is 31.0 Å². The van der Waals surface area contributed by atoms with Crippen molar-refractivity contribution in [2.75, 3.05) is 5.32 Å². The van der Waals surface area contributed by atoms with Crippen molar-refractivity contribution in [2.45, 2.75) is 13.8 Å². The molecule has 0 radical (unpaired) electrons. The van der Waals surface area contributed by atoms with Crippen molar-refractivity contribution in [3.8, 4) is 0 Å². The van der Waals surface area contributed by atoms with Gasteiger partial charge in [-0.2, -0.15) is 0 Å². The van der Waals surface area contributed by atoms with Crippen molar-refractivity contribution < 1.29 is 14.1 Å². The van der Waals surface area contributed by atoms with Gasteiger partial charge in [0.2, 0.25) is 0 Å². The van der Waals surface area contributed by atoms with Gasteiger partial charge in [-0.25, -0.2) is 9.37 Å². The number of hydrogen-bond donors (Lipinski definition) is 1. The van der Waals surface area contributed by atoms with Gasteiger partial charge in [-0.3, -0.25) is 14.9 Å². The van der Waals surface area contributed by atoms with Crippen molar-refractivity contribution >= 4 is 17.4 Å². The molecule has 0 bridgehead atoms. The molecule has 1 amide bonds. The topological polar surface area (TPSA) is 85.1 Å². The average Bonchev–Trinajstić information content (AvgIpc) is 2.43. The second kappa shape index (κ2) is 5.66. The van der Waals surface area contributed by atoms with E-state index < -0.39 is 16.6 Å². The summed E-state index contributed by atoms with van der Waals surface area (Å²) in [7, 11) is 0. The maximum Gasteiger partial charge on any atom is 0.270 e. The van der Waals surface area contributed by atoms with Crippen molar-refractivity contribution in [3.05, 3.63) is 63.1 Å². The Morgan fingerprint density at radius 3 is 2.62 bits per heavy atom. The molecule has 1 heterocycles. The first kappa shape index (κ1) is 14.6. The number of anilines is 1. The summed E-state index contributed by atoms with van der Waals surface area (Å²) in [5, 5.41) is 13.2. The minimum absolute atomic E-state index is 0.0335. The van der Waals surface area contributed by atoms with Gasteiger partial charge in [0.25, 0.3) is 11.6 Å². The van der Waals surface area contributed by atoms with Crippen LogP contribution in [0.4, 0.5) is 15.9 Å². The van der Waals surface area contributed by atoms with Crippen LogP contribution in [0.5, 0.6) is 0 Å². The lowest BCUT2D eigenvalue weighted by Crippen LogP contribution is -2.15. The summed E-state index contributed by atoms with van der Waals surface area (Å²) >= 11 is 0. The molecule has 2 rings (SSSR count). The van der Waals surface area contributed by atoms with Crippen LogP contribution in [0.3, 0.4) is 0 Å². The quantitative estimate of drug-likeness (QED) is 0.695. The maximum absolute atomic E-state index is 14.0. The standard InChI is InChI=1S/C14H12FN3O3/c1-8-3-4-12(16-7-8)17-14(19)11-6-10(18(20)21)5-9(2)13(11)15/h3-7H,1-2H3,(H,16,17,19). The number of carbonyl (C=O) groups is 1. The molecular formula is C14H12FN3O3. The molecule has 1 N–H and O–H groups in total. The Morgan fingerprint density at radius 1 is 1.33 bits per heavy atom. The summed E-state index contributed by atoms with van der Waals surface area (Å²) in [6.07, 6.45) is 1.55. The molecule has 1 aromatic carbocycles. The molecule has 7 heteroatoms. The minimum Gasteiger partial charge on any atom is -0.306 e. The minimum atomic E-state index is -0.787. The molecule has 0 aliphatic heterocycles. The van der Waals surface area contributed by atoms with E-state index in [9.17, 15) is 19.3 Å². The number of carbonyl (C=O) groups excluding carboxylic acids is 1. The molecule has 2 aromatic rings. The second-order valence-corrected chi connectivity index (χ2v) is 4.56. The fourth-order valence-electron chi connectivity index (χ4n) is 1.75. The van der Waals surface area contributed by atoms with E-state index in [-0.39, 0.29) is 22.6 Å². The Balaban J connectivity index is 2.34. The van der Waals surface area contributed by atoms with Gasteiger partial charge in [0.1, 0.15) is 11.6 Å². The summed E-state index contributed by atoms with van der Waals surface area (Å²) in [6, 6.07) is 5.29. The van der Waals surface area contributed by atoms with Crippen LogP contribution in [0.1, 0.15) is 21.5 Å². The number of nitrogens with zero attached hydrogens (tertiary/aromatic N) is 2. The molecule has 108 valence electrons. The van der Waals surface area contributed by atoms with E-state index in [1.807, 2.05) is 6.92 Å². The van der Waals surface area contributed by atoms with E-state index in [1.165, 1.54) is 6.92 Å². The van der Waals surface area contributed by atoms with Crippen LogP contribution in [0.2, 0.25) is 0 Å². The molecule has 0 spiro atoms. The zero-order valence-electron chi connectivity index (χ0n) is 11.4. The summed E-state index contributed by atoms with van der Waals surface area (Å²) in [5.74, 6) is -1.32. The molecule has 0 aliphatic rings. The predicted octanol–water partition coefficient (Wildman–Crippen LogP) is 3.00. The van der Waals surface area contributed by atoms with Gasteiger partial charge in [0.15, 0.2) is 0 Å². The van der Waals surface area contributed by atoms with Gasteiger partial charge in [0, 0.05) is 18.3 Å². The van der Waals surface area contributed by atoms with Crippen LogP contribution in [0.25, 0.3) is 0 Å². The molecular weight excluding hydrogens is 277 g/mol. The highest BCUT2D eigenvalue weighted by molar-refractivity contribution is 6.04. The van der Waals surface area contributed by atoms with E-state index in [0.717, 1.165) is 17.7 Å². The molecule has 0 atom stereocenters. The van der Waals surface area contributed by atoms with Gasteiger partial charge in [-0.1, -0.05) is 6.07 Å². The van der Waals surface area contributed by atoms with Crippen LogP contribution >= 0.6 is 0 Å². The smallest absolute Gasteiger partial charge is 0.270 e. The van der Waals surface area contributed by atoms with Crippen LogP contribution in [0, 0.1) is 29.8 Å². The molecule has 0 fully saturated rings. The Labute approximate surface area is 119 Å². The number of hydrogen-bond acceptors (Lipinski definition) is 4. The van der Waals surface area contributed by atoms with Crippen molar-refractivity contribution in [1.82, 2.24) is 4.98 Å². The van der Waals surface area contributed by atoms with Gasteiger partial charge < -0.3 is 5.32 Å². The number of aromatic nitrogens is 1. The first-order valence-electron chi connectivity index (χ1n) is 6.07. The number of nitro groups is 1. The Bertz CT molecular complexity index is 714. The lowest BCUT2D eigenvalue weighted by atomic mass is 10.1. The third-order valence-electron chi connectivity index (χ3n) is 2.85. The van der Waals surface area contributed by atoms with Gasteiger partial charge in [0.05, 0.1) is 10.5 Å². The van der Waals surface area contributed by atoms with Crippen molar-refractivity contribution in [3.63, 3.8) is 0 Å². The molecule has 0 unspecified atom stereocenters. The molecule has 1 aromatic heterocycles. The normalized spacial score (nSPS) is 10.2. The van der Waals surface area contributed by atoms with Crippen molar-refractivity contribution in [2.24, 2.45) is 0 Å². The Hall–Kier alpha value is -2.83. The van der Waals surface area contributed by atoms with E-state index in [0.29, 0.717) is 0 Å². The van der Waals surface area contributed by atoms with Crippen LogP contribution < -0.4 is 5.32 Å². The van der Waals surface area contributed by atoms with E-state index >= 15 is 0 Å². The number of benzene rings is 1. The molecule has 6 nitrogen and oxygen atoms in total. The highest BCUT2D eigenvalue weighted by Crippen LogP contribution is 2.21. The van der Waals surface area contributed by atoms with Gasteiger partial charge in [-0.15, -0.1) is 0 Å². The highest BCUT2D eigenvalue weighted by atomic mass is 19.1. The average molecular weight is 289 g/mol. The van der Waals surface area contributed by atoms with Gasteiger partial charge >= 0.3 is 0 Å². The lowest BCUT2D eigenvalue weighted by Gasteiger charge is -2.07. The molecule has 21 heavy (non-hydrogen) atoms. The zero-order valence-corrected chi connectivity index (χ0v) is 11.4. The highest BCUT2D eigenvalue weighted by Gasteiger charge is 2.20. The summed E-state index contributed by atoms with van der Waals surface area (Å²) in [4.78, 5) is 26.1. The number of non-ortho nitro benzene ring substituents is 1. The predicted molar refractivity (Wildman–Crippen MR) is 74.7 cm³/mol. The summed E-state index contributed by atoms with van der Waals surface area (Å²) in [6.45, 7) is 3.20. The fraction of sp³-hybridized carbons (Fsp3) is 0.143. The second-order valence-electron chi connectivity index (χ2n) is 4.56. The monoisotopic (exact) mass is 289 g/mol.